The summed E-state index contributed by atoms with van der Waals surface area (Å²) in [6, 6.07) is 8.22. The van der Waals surface area contributed by atoms with Crippen molar-refractivity contribution in [2.24, 2.45) is 0 Å². The molecule has 2 unspecified atom stereocenters. The third-order valence-corrected chi connectivity index (χ3v) is 3.82. The Hall–Kier alpha value is -0.860. The number of benzene rings is 1. The Kier molecular flexibility index (Phi) is 5.21. The molecule has 1 aliphatic heterocycles. The van der Waals surface area contributed by atoms with E-state index < -0.39 is 0 Å². The Morgan fingerprint density at radius 3 is 2.94 bits per heavy atom. The van der Waals surface area contributed by atoms with Crippen molar-refractivity contribution in [3.05, 3.63) is 35.4 Å². The molecule has 2 nitrogen and oxygen atoms in total. The van der Waals surface area contributed by atoms with Gasteiger partial charge in [0.25, 0.3) is 0 Å². The summed E-state index contributed by atoms with van der Waals surface area (Å²) in [6.45, 7) is 3.06. The monoisotopic (exact) mass is 248 g/mol. The molecule has 100 valence electrons. The van der Waals surface area contributed by atoms with E-state index in [2.05, 4.69) is 19.1 Å². The van der Waals surface area contributed by atoms with Crippen LogP contribution in [0.2, 0.25) is 0 Å². The van der Waals surface area contributed by atoms with E-state index in [0.29, 0.717) is 6.10 Å². The van der Waals surface area contributed by atoms with Gasteiger partial charge in [0.15, 0.2) is 0 Å². The van der Waals surface area contributed by atoms with Gasteiger partial charge in [-0.1, -0.05) is 31.2 Å². The summed E-state index contributed by atoms with van der Waals surface area (Å²) in [4.78, 5) is 0. The number of rotatable bonds is 6. The first-order valence-corrected chi connectivity index (χ1v) is 7.18. The lowest BCUT2D eigenvalue weighted by Crippen LogP contribution is -2.07. The van der Waals surface area contributed by atoms with Gasteiger partial charge in [0, 0.05) is 6.61 Å². The van der Waals surface area contributed by atoms with Gasteiger partial charge in [-0.25, -0.2) is 0 Å². The average Bonchev–Trinajstić information content (AvgIpc) is 2.91. The second kappa shape index (κ2) is 6.91. The van der Waals surface area contributed by atoms with Crippen LogP contribution in [0.3, 0.4) is 0 Å². The first kappa shape index (κ1) is 13.6. The van der Waals surface area contributed by atoms with E-state index in [1.807, 2.05) is 12.1 Å². The first-order valence-electron chi connectivity index (χ1n) is 7.18. The van der Waals surface area contributed by atoms with Gasteiger partial charge in [0.1, 0.15) is 0 Å². The maximum atomic E-state index is 10.3. The van der Waals surface area contributed by atoms with E-state index in [9.17, 15) is 5.11 Å². The normalized spacial score (nSPS) is 21.1. The predicted molar refractivity (Wildman–Crippen MR) is 73.6 cm³/mol. The Balaban J connectivity index is 1.81. The van der Waals surface area contributed by atoms with Crippen LogP contribution in [0.4, 0.5) is 0 Å². The van der Waals surface area contributed by atoms with Crippen LogP contribution in [0.25, 0.3) is 0 Å². The van der Waals surface area contributed by atoms with Crippen LogP contribution >= 0.6 is 0 Å². The first-order chi connectivity index (χ1) is 8.81. The van der Waals surface area contributed by atoms with Crippen molar-refractivity contribution in [2.75, 3.05) is 6.61 Å². The second-order valence-electron chi connectivity index (χ2n) is 5.13. The van der Waals surface area contributed by atoms with Gasteiger partial charge in [0.2, 0.25) is 0 Å². The number of aryl methyl sites for hydroxylation is 1. The lowest BCUT2D eigenvalue weighted by Gasteiger charge is -2.16. The Bertz CT molecular complexity index is 356. The summed E-state index contributed by atoms with van der Waals surface area (Å²) >= 11 is 0. The fourth-order valence-corrected chi connectivity index (χ4v) is 2.75. The maximum Gasteiger partial charge on any atom is 0.0792 e. The third kappa shape index (κ3) is 3.56. The number of hydrogen-bond donors (Lipinski definition) is 1. The fraction of sp³-hybridized carbons (Fsp3) is 0.625. The largest absolute Gasteiger partial charge is 0.388 e. The summed E-state index contributed by atoms with van der Waals surface area (Å²) in [5.41, 5.74) is 2.37. The highest BCUT2D eigenvalue weighted by atomic mass is 16.5. The molecule has 1 heterocycles. The van der Waals surface area contributed by atoms with Crippen LogP contribution in [-0.4, -0.2) is 17.8 Å². The second-order valence-corrected chi connectivity index (χ2v) is 5.13. The van der Waals surface area contributed by atoms with Crippen LogP contribution in [0, 0.1) is 0 Å². The van der Waals surface area contributed by atoms with Gasteiger partial charge in [-0.15, -0.1) is 0 Å². The third-order valence-electron chi connectivity index (χ3n) is 3.82. The summed E-state index contributed by atoms with van der Waals surface area (Å²) < 4.78 is 5.60. The number of aliphatic hydroxyl groups excluding tert-OH is 1. The summed E-state index contributed by atoms with van der Waals surface area (Å²) in [6.07, 6.45) is 6.49. The van der Waals surface area contributed by atoms with E-state index in [1.165, 1.54) is 18.4 Å². The van der Waals surface area contributed by atoms with Crippen molar-refractivity contribution in [3.63, 3.8) is 0 Å². The molecule has 0 radical (unpaired) electrons. The average molecular weight is 248 g/mol. The molecule has 1 aromatic rings. The van der Waals surface area contributed by atoms with Gasteiger partial charge < -0.3 is 9.84 Å². The van der Waals surface area contributed by atoms with Gasteiger partial charge >= 0.3 is 0 Å². The molecule has 1 N–H and O–H groups in total. The quantitative estimate of drug-likeness (QED) is 0.833. The van der Waals surface area contributed by atoms with E-state index >= 15 is 0 Å². The van der Waals surface area contributed by atoms with Crippen LogP contribution in [0.15, 0.2) is 24.3 Å². The van der Waals surface area contributed by atoms with E-state index in [4.69, 9.17) is 4.74 Å². The standard InChI is InChI=1S/C16H24O2/c1-2-13-7-3-4-10-15(13)16(17)11-5-8-14-9-6-12-18-14/h3-4,7,10,14,16-17H,2,5-6,8-9,11-12H2,1H3. The van der Waals surface area contributed by atoms with E-state index in [1.54, 1.807) is 0 Å². The van der Waals surface area contributed by atoms with E-state index in [-0.39, 0.29) is 6.10 Å². The van der Waals surface area contributed by atoms with Crippen molar-refractivity contribution in [2.45, 2.75) is 57.7 Å². The summed E-state index contributed by atoms with van der Waals surface area (Å²) in [5.74, 6) is 0. The van der Waals surface area contributed by atoms with E-state index in [0.717, 1.165) is 37.9 Å². The van der Waals surface area contributed by atoms with Crippen molar-refractivity contribution in [1.29, 1.82) is 0 Å². The highest BCUT2D eigenvalue weighted by Crippen LogP contribution is 2.25. The molecule has 1 fully saturated rings. The number of hydrogen-bond acceptors (Lipinski definition) is 2. The molecule has 2 atom stereocenters. The lowest BCUT2D eigenvalue weighted by molar-refractivity contribution is 0.0944. The smallest absolute Gasteiger partial charge is 0.0792 e. The SMILES string of the molecule is CCc1ccccc1C(O)CCCC1CCCO1. The molecule has 2 heteroatoms. The molecule has 0 bridgehead atoms. The zero-order valence-corrected chi connectivity index (χ0v) is 11.3. The summed E-state index contributed by atoms with van der Waals surface area (Å²) in [7, 11) is 0. The van der Waals surface area contributed by atoms with Crippen molar-refractivity contribution >= 4 is 0 Å². The highest BCUT2D eigenvalue weighted by molar-refractivity contribution is 5.28. The molecule has 0 aliphatic carbocycles. The van der Waals surface area contributed by atoms with Crippen LogP contribution in [-0.2, 0) is 11.2 Å². The van der Waals surface area contributed by atoms with Crippen LogP contribution in [0.5, 0.6) is 0 Å². The van der Waals surface area contributed by atoms with Crippen molar-refractivity contribution in [1.82, 2.24) is 0 Å². The molecular formula is C16H24O2. The van der Waals surface area contributed by atoms with Crippen molar-refractivity contribution < 1.29 is 9.84 Å². The molecule has 0 aromatic heterocycles. The topological polar surface area (TPSA) is 29.5 Å². The van der Waals surface area contributed by atoms with Gasteiger partial charge in [-0.3, -0.25) is 0 Å². The minimum atomic E-state index is -0.317. The zero-order valence-electron chi connectivity index (χ0n) is 11.3. The molecular weight excluding hydrogens is 224 g/mol. The van der Waals surface area contributed by atoms with Gasteiger partial charge in [0.05, 0.1) is 12.2 Å². The van der Waals surface area contributed by atoms with Crippen molar-refractivity contribution in [3.8, 4) is 0 Å². The molecule has 18 heavy (non-hydrogen) atoms. The minimum Gasteiger partial charge on any atom is -0.388 e. The molecule has 0 spiro atoms. The molecule has 1 aliphatic rings. The Morgan fingerprint density at radius 1 is 1.39 bits per heavy atom. The maximum absolute atomic E-state index is 10.3. The Morgan fingerprint density at radius 2 is 2.22 bits per heavy atom. The van der Waals surface area contributed by atoms with Gasteiger partial charge in [-0.2, -0.15) is 0 Å². The summed E-state index contributed by atoms with van der Waals surface area (Å²) in [5, 5.41) is 10.3. The fourth-order valence-electron chi connectivity index (χ4n) is 2.75. The molecule has 1 saturated heterocycles. The number of aliphatic hydroxyl groups is 1. The molecule has 2 rings (SSSR count). The number of ether oxygens (including phenoxy) is 1. The molecule has 0 amide bonds. The van der Waals surface area contributed by atoms with Crippen LogP contribution in [0.1, 0.15) is 56.3 Å². The zero-order chi connectivity index (χ0) is 12.8. The Labute approximate surface area is 110 Å². The molecule has 0 saturated carbocycles. The molecule has 1 aromatic carbocycles. The predicted octanol–water partition coefficient (Wildman–Crippen LogP) is 3.63. The lowest BCUT2D eigenvalue weighted by atomic mass is 9.96. The van der Waals surface area contributed by atoms with Crippen LogP contribution < -0.4 is 0 Å². The highest BCUT2D eigenvalue weighted by Gasteiger charge is 2.16. The van der Waals surface area contributed by atoms with Gasteiger partial charge in [-0.05, 0) is 49.7 Å². The minimum absolute atomic E-state index is 0.317.